The number of benzene rings is 1. The number of carbonyl (C=O) groups is 1. The summed E-state index contributed by atoms with van der Waals surface area (Å²) in [5, 5.41) is 31.5. The van der Waals surface area contributed by atoms with Gasteiger partial charge in [0.1, 0.15) is 5.69 Å². The van der Waals surface area contributed by atoms with Crippen molar-refractivity contribution in [3.63, 3.8) is 0 Å². The first-order valence-corrected chi connectivity index (χ1v) is 5.37. The number of carboxylic acid groups (broad SMARTS) is 1. The van der Waals surface area contributed by atoms with E-state index in [1.807, 2.05) is 0 Å². The average molecular weight is 270 g/mol. The van der Waals surface area contributed by atoms with Gasteiger partial charge >= 0.3 is 5.97 Å². The minimum atomic E-state index is -1.19. The molecule has 0 aliphatic heterocycles. The number of hydrogen-bond acceptors (Lipinski definition) is 6. The summed E-state index contributed by atoms with van der Waals surface area (Å²) >= 11 is 0. The summed E-state index contributed by atoms with van der Waals surface area (Å²) in [5.41, 5.74) is -0.317. The predicted octanol–water partition coefficient (Wildman–Crippen LogP) is 0.712. The van der Waals surface area contributed by atoms with Crippen LogP contribution in [0.2, 0.25) is 0 Å². The van der Waals surface area contributed by atoms with E-state index in [0.29, 0.717) is 0 Å². The van der Waals surface area contributed by atoms with Gasteiger partial charge in [0, 0.05) is 13.2 Å². The van der Waals surface area contributed by atoms with Crippen molar-refractivity contribution in [3.8, 4) is 0 Å². The van der Waals surface area contributed by atoms with Crippen LogP contribution in [0, 0.1) is 10.1 Å². The third-order valence-corrected chi connectivity index (χ3v) is 2.39. The van der Waals surface area contributed by atoms with Crippen molar-refractivity contribution in [1.29, 1.82) is 0 Å². The summed E-state index contributed by atoms with van der Waals surface area (Å²) < 4.78 is 4.84. The zero-order valence-electron chi connectivity index (χ0n) is 10.2. The molecule has 0 bridgehead atoms. The molecule has 0 aromatic heterocycles. The number of aromatic carboxylic acids is 1. The van der Waals surface area contributed by atoms with Crippen molar-refractivity contribution in [2.45, 2.75) is 6.04 Å². The van der Waals surface area contributed by atoms with E-state index >= 15 is 0 Å². The fourth-order valence-electron chi connectivity index (χ4n) is 1.51. The Morgan fingerprint density at radius 3 is 2.74 bits per heavy atom. The highest BCUT2D eigenvalue weighted by Gasteiger charge is 2.19. The summed E-state index contributed by atoms with van der Waals surface area (Å²) in [4.78, 5) is 21.1. The second-order valence-electron chi connectivity index (χ2n) is 3.77. The van der Waals surface area contributed by atoms with Gasteiger partial charge in [0.05, 0.1) is 29.7 Å². The van der Waals surface area contributed by atoms with E-state index in [9.17, 15) is 14.9 Å². The maximum Gasteiger partial charge on any atom is 0.335 e. The SMILES string of the molecule is COCC(CO)Nc1cc(C(=O)O)ccc1[N+](=O)[O-]. The van der Waals surface area contributed by atoms with E-state index in [-0.39, 0.29) is 30.2 Å². The van der Waals surface area contributed by atoms with Crippen molar-refractivity contribution in [1.82, 2.24) is 0 Å². The molecule has 1 aromatic carbocycles. The number of anilines is 1. The third kappa shape index (κ3) is 3.90. The van der Waals surface area contributed by atoms with Crippen molar-refractivity contribution >= 4 is 17.3 Å². The summed E-state index contributed by atoms with van der Waals surface area (Å²) in [6.45, 7) is -0.173. The Bertz CT molecular complexity index is 476. The molecule has 104 valence electrons. The zero-order valence-corrected chi connectivity index (χ0v) is 10.2. The summed E-state index contributed by atoms with van der Waals surface area (Å²) in [6.07, 6.45) is 0. The molecule has 0 radical (unpaired) electrons. The summed E-state index contributed by atoms with van der Waals surface area (Å²) in [6, 6.07) is 2.84. The number of rotatable bonds is 7. The lowest BCUT2D eigenvalue weighted by molar-refractivity contribution is -0.384. The van der Waals surface area contributed by atoms with Crippen LogP contribution in [0.1, 0.15) is 10.4 Å². The molecule has 0 saturated heterocycles. The Morgan fingerprint density at radius 1 is 1.58 bits per heavy atom. The molecule has 0 aliphatic carbocycles. The van der Waals surface area contributed by atoms with Crippen molar-refractivity contribution < 1.29 is 24.7 Å². The van der Waals surface area contributed by atoms with Crippen LogP contribution in [0.25, 0.3) is 0 Å². The van der Waals surface area contributed by atoms with Gasteiger partial charge in [-0.1, -0.05) is 0 Å². The highest BCUT2D eigenvalue weighted by molar-refractivity contribution is 5.90. The molecule has 0 saturated carbocycles. The Labute approximate surface area is 108 Å². The predicted molar refractivity (Wildman–Crippen MR) is 66.4 cm³/mol. The number of carboxylic acids is 1. The van der Waals surface area contributed by atoms with E-state index in [1.165, 1.54) is 7.11 Å². The molecule has 0 spiro atoms. The van der Waals surface area contributed by atoms with E-state index < -0.39 is 16.9 Å². The van der Waals surface area contributed by atoms with E-state index in [4.69, 9.17) is 14.9 Å². The van der Waals surface area contributed by atoms with Gasteiger partial charge in [-0.05, 0) is 12.1 Å². The summed E-state index contributed by atoms with van der Waals surface area (Å²) in [5.74, 6) is -1.19. The third-order valence-electron chi connectivity index (χ3n) is 2.39. The zero-order chi connectivity index (χ0) is 14.4. The maximum absolute atomic E-state index is 10.9. The van der Waals surface area contributed by atoms with Gasteiger partial charge in [0.15, 0.2) is 0 Å². The fourth-order valence-corrected chi connectivity index (χ4v) is 1.51. The molecule has 8 nitrogen and oxygen atoms in total. The monoisotopic (exact) mass is 270 g/mol. The van der Waals surface area contributed by atoms with E-state index in [2.05, 4.69) is 5.32 Å². The molecular formula is C11H14N2O6. The van der Waals surface area contributed by atoms with Gasteiger partial charge in [-0.25, -0.2) is 4.79 Å². The molecule has 8 heteroatoms. The normalized spacial score (nSPS) is 11.9. The molecule has 0 amide bonds. The lowest BCUT2D eigenvalue weighted by Crippen LogP contribution is -2.29. The molecule has 0 heterocycles. The first-order chi connectivity index (χ1) is 8.99. The second kappa shape index (κ2) is 6.66. The van der Waals surface area contributed by atoms with Crippen molar-refractivity contribution in [2.75, 3.05) is 25.6 Å². The molecule has 1 atom stereocenters. The fraction of sp³-hybridized carbons (Fsp3) is 0.364. The Hall–Kier alpha value is -2.19. The molecule has 3 N–H and O–H groups in total. The Balaban J connectivity index is 3.09. The van der Waals surface area contributed by atoms with Crippen LogP contribution in [0.3, 0.4) is 0 Å². The topological polar surface area (TPSA) is 122 Å². The largest absolute Gasteiger partial charge is 0.478 e. The number of aliphatic hydroxyl groups is 1. The van der Waals surface area contributed by atoms with Gasteiger partial charge in [-0.2, -0.15) is 0 Å². The standard InChI is InChI=1S/C11H14N2O6/c1-19-6-8(5-14)12-9-4-7(11(15)16)2-3-10(9)13(17)18/h2-4,8,12,14H,5-6H2,1H3,(H,15,16). The molecule has 1 unspecified atom stereocenters. The van der Waals surface area contributed by atoms with Crippen LogP contribution in [-0.4, -0.2) is 47.5 Å². The molecule has 19 heavy (non-hydrogen) atoms. The van der Waals surface area contributed by atoms with Crippen LogP contribution in [0.5, 0.6) is 0 Å². The number of aliphatic hydroxyl groups excluding tert-OH is 1. The van der Waals surface area contributed by atoms with Gasteiger partial charge in [0.25, 0.3) is 5.69 Å². The minimum Gasteiger partial charge on any atom is -0.478 e. The number of nitrogens with one attached hydrogen (secondary N) is 1. The number of methoxy groups -OCH3 is 1. The van der Waals surface area contributed by atoms with Crippen LogP contribution >= 0.6 is 0 Å². The smallest absolute Gasteiger partial charge is 0.335 e. The lowest BCUT2D eigenvalue weighted by Gasteiger charge is -2.16. The van der Waals surface area contributed by atoms with Crippen LogP contribution in [0.4, 0.5) is 11.4 Å². The number of nitro benzene ring substituents is 1. The second-order valence-corrected chi connectivity index (χ2v) is 3.77. The number of ether oxygens (including phenoxy) is 1. The van der Waals surface area contributed by atoms with Crippen LogP contribution in [0.15, 0.2) is 18.2 Å². The number of hydrogen-bond donors (Lipinski definition) is 3. The average Bonchev–Trinajstić information content (AvgIpc) is 2.37. The molecular weight excluding hydrogens is 256 g/mol. The van der Waals surface area contributed by atoms with Gasteiger partial charge in [0.2, 0.25) is 0 Å². The van der Waals surface area contributed by atoms with Crippen LogP contribution in [-0.2, 0) is 4.74 Å². The van der Waals surface area contributed by atoms with Crippen LogP contribution < -0.4 is 5.32 Å². The number of nitrogens with zero attached hydrogens (tertiary/aromatic N) is 1. The molecule has 1 aromatic rings. The lowest BCUT2D eigenvalue weighted by atomic mass is 10.1. The molecule has 1 rings (SSSR count). The highest BCUT2D eigenvalue weighted by atomic mass is 16.6. The van der Waals surface area contributed by atoms with Gasteiger partial charge in [-0.3, -0.25) is 10.1 Å². The highest BCUT2D eigenvalue weighted by Crippen LogP contribution is 2.26. The first kappa shape index (κ1) is 14.9. The van der Waals surface area contributed by atoms with Crippen molar-refractivity contribution in [2.24, 2.45) is 0 Å². The maximum atomic E-state index is 10.9. The Kier molecular flexibility index (Phi) is 5.22. The minimum absolute atomic E-state index is 0.0287. The molecule has 0 fully saturated rings. The quantitative estimate of drug-likeness (QED) is 0.492. The van der Waals surface area contributed by atoms with E-state index in [0.717, 1.165) is 18.2 Å². The number of nitro groups is 1. The van der Waals surface area contributed by atoms with Gasteiger partial charge < -0.3 is 20.3 Å². The first-order valence-electron chi connectivity index (χ1n) is 5.37. The van der Waals surface area contributed by atoms with E-state index in [1.54, 1.807) is 0 Å². The molecule has 0 aliphatic rings. The van der Waals surface area contributed by atoms with Crippen molar-refractivity contribution in [3.05, 3.63) is 33.9 Å². The Morgan fingerprint density at radius 2 is 2.26 bits per heavy atom. The summed E-state index contributed by atoms with van der Waals surface area (Å²) in [7, 11) is 1.42. The van der Waals surface area contributed by atoms with Gasteiger partial charge in [-0.15, -0.1) is 0 Å².